The van der Waals surface area contributed by atoms with Crippen molar-refractivity contribution in [3.05, 3.63) is 90.0 Å². The lowest BCUT2D eigenvalue weighted by Gasteiger charge is -2.03. The number of hydrogen-bond donors (Lipinski definition) is 1. The van der Waals surface area contributed by atoms with Crippen LogP contribution in [0.5, 0.6) is 0 Å². The molecule has 28 heavy (non-hydrogen) atoms. The molecule has 1 N–H and O–H groups in total. The smallest absolute Gasteiger partial charge is 0.190 e. The largest absolute Gasteiger partial charge is 0.346 e. The highest BCUT2D eigenvalue weighted by molar-refractivity contribution is 7.90. The van der Waals surface area contributed by atoms with Crippen LogP contribution >= 0.6 is 0 Å². The number of hydrogen-bond acceptors (Lipinski definition) is 2. The van der Waals surface area contributed by atoms with Crippen LogP contribution in [-0.4, -0.2) is 19.7 Å². The summed E-state index contributed by atoms with van der Waals surface area (Å²) in [6.45, 7) is 4.30. The Morgan fingerprint density at radius 1 is 0.821 bits per heavy atom. The van der Waals surface area contributed by atoms with Gasteiger partial charge < -0.3 is 4.98 Å². The molecule has 0 radical (unpaired) electrons. The van der Waals surface area contributed by atoms with Crippen molar-refractivity contribution < 1.29 is 8.42 Å². The predicted octanol–water partition coefficient (Wildman–Crippen LogP) is 5.80. The van der Waals surface area contributed by atoms with Gasteiger partial charge in [0.05, 0.1) is 0 Å². The van der Waals surface area contributed by atoms with Gasteiger partial charge in [0.25, 0.3) is 0 Å². The Kier molecular flexibility index (Phi) is 6.00. The van der Waals surface area contributed by atoms with Gasteiger partial charge in [-0.05, 0) is 42.2 Å². The summed E-state index contributed by atoms with van der Waals surface area (Å²) < 4.78 is 22.3. The maximum Gasteiger partial charge on any atom is 0.190 e. The molecule has 0 saturated carbocycles. The number of aromatic amines is 1. The van der Waals surface area contributed by atoms with E-state index in [1.54, 1.807) is 6.07 Å². The van der Waals surface area contributed by atoms with E-state index in [2.05, 4.69) is 67.4 Å². The lowest BCUT2D eigenvalue weighted by molar-refractivity contribution is 0.599. The molecule has 0 aliphatic rings. The van der Waals surface area contributed by atoms with E-state index in [0.717, 1.165) is 17.3 Å². The number of fused-ring (bicyclic) bond motifs is 1. The van der Waals surface area contributed by atoms with Gasteiger partial charge in [-0.15, -0.1) is 0 Å². The first-order valence-electron chi connectivity index (χ1n) is 9.30. The third-order valence-electron chi connectivity index (χ3n) is 4.65. The summed E-state index contributed by atoms with van der Waals surface area (Å²) in [5.74, 6) is 0. The summed E-state index contributed by atoms with van der Waals surface area (Å²) in [5, 5.41) is 1.19. The van der Waals surface area contributed by atoms with E-state index in [1.165, 1.54) is 28.5 Å². The third kappa shape index (κ3) is 4.90. The number of aryl methyl sites for hydroxylation is 2. The average molecular weight is 392 g/mol. The molecule has 0 saturated heterocycles. The Morgan fingerprint density at radius 2 is 1.39 bits per heavy atom. The first-order valence-corrected chi connectivity index (χ1v) is 11.2. The standard InChI is InChI=1S/C15H16.C9H9NO2S/c1-3-13-6-10-15(11-7-13)14-8-4-12(2)5-9-14;1-13(11,12)9-6-7-4-2-3-5-8(7)10-9/h4-11H,3H2,1-2H3;2-6,10H,1H3. The van der Waals surface area contributed by atoms with Crippen molar-refractivity contribution in [2.75, 3.05) is 6.26 Å². The van der Waals surface area contributed by atoms with E-state index < -0.39 is 9.84 Å². The van der Waals surface area contributed by atoms with E-state index in [-0.39, 0.29) is 5.03 Å². The third-order valence-corrected chi connectivity index (χ3v) is 5.67. The van der Waals surface area contributed by atoms with Crippen LogP contribution < -0.4 is 0 Å². The van der Waals surface area contributed by atoms with Gasteiger partial charge in [-0.25, -0.2) is 8.42 Å². The van der Waals surface area contributed by atoms with Crippen LogP contribution in [0.1, 0.15) is 18.1 Å². The lowest BCUT2D eigenvalue weighted by Crippen LogP contribution is -1.96. The molecule has 144 valence electrons. The minimum atomic E-state index is -3.12. The molecule has 3 aromatic carbocycles. The molecule has 1 heterocycles. The van der Waals surface area contributed by atoms with Crippen molar-refractivity contribution in [3.63, 3.8) is 0 Å². The maximum atomic E-state index is 11.2. The maximum absolute atomic E-state index is 11.2. The van der Waals surface area contributed by atoms with E-state index >= 15 is 0 Å². The molecule has 0 aliphatic heterocycles. The number of H-pyrrole nitrogens is 1. The molecular weight excluding hydrogens is 366 g/mol. The summed E-state index contributed by atoms with van der Waals surface area (Å²) in [7, 11) is -3.12. The van der Waals surface area contributed by atoms with Gasteiger partial charge in [-0.3, -0.25) is 0 Å². The highest BCUT2D eigenvalue weighted by Crippen LogP contribution is 2.20. The number of benzene rings is 3. The fraction of sp³-hybridized carbons (Fsp3) is 0.167. The summed E-state index contributed by atoms with van der Waals surface area (Å²) in [6, 6.07) is 26.6. The van der Waals surface area contributed by atoms with Crippen LogP contribution in [0.25, 0.3) is 22.0 Å². The van der Waals surface area contributed by atoms with Gasteiger partial charge in [0.2, 0.25) is 0 Å². The van der Waals surface area contributed by atoms with Gasteiger partial charge in [0.15, 0.2) is 9.84 Å². The topological polar surface area (TPSA) is 49.9 Å². The number of nitrogens with one attached hydrogen (secondary N) is 1. The molecule has 0 atom stereocenters. The number of para-hydroxylation sites is 1. The molecule has 4 rings (SSSR count). The van der Waals surface area contributed by atoms with E-state index in [0.29, 0.717) is 0 Å². The van der Waals surface area contributed by atoms with Crippen LogP contribution in [0.4, 0.5) is 0 Å². The monoisotopic (exact) mass is 391 g/mol. The predicted molar refractivity (Wildman–Crippen MR) is 117 cm³/mol. The Labute approximate surface area is 167 Å². The molecular formula is C24H25NO2S. The average Bonchev–Trinajstić information content (AvgIpc) is 3.14. The zero-order chi connectivity index (χ0) is 20.1. The lowest BCUT2D eigenvalue weighted by atomic mass is 10.0. The van der Waals surface area contributed by atoms with Gasteiger partial charge in [0, 0.05) is 17.2 Å². The number of sulfone groups is 1. The molecule has 0 aliphatic carbocycles. The van der Waals surface area contributed by atoms with Crippen LogP contribution in [0, 0.1) is 6.92 Å². The van der Waals surface area contributed by atoms with Gasteiger partial charge >= 0.3 is 0 Å². The van der Waals surface area contributed by atoms with Crippen molar-refractivity contribution in [3.8, 4) is 11.1 Å². The second kappa shape index (κ2) is 8.44. The Bertz CT molecular complexity index is 1120. The van der Waals surface area contributed by atoms with Crippen molar-refractivity contribution >= 4 is 20.7 Å². The van der Waals surface area contributed by atoms with Crippen molar-refractivity contribution in [2.45, 2.75) is 25.3 Å². The normalized spacial score (nSPS) is 11.1. The van der Waals surface area contributed by atoms with Crippen LogP contribution in [0.2, 0.25) is 0 Å². The summed E-state index contributed by atoms with van der Waals surface area (Å²) in [4.78, 5) is 2.85. The first kappa shape index (κ1) is 19.9. The quantitative estimate of drug-likeness (QED) is 0.480. The van der Waals surface area contributed by atoms with Crippen molar-refractivity contribution in [2.24, 2.45) is 0 Å². The molecule has 3 nitrogen and oxygen atoms in total. The fourth-order valence-electron chi connectivity index (χ4n) is 2.93. The van der Waals surface area contributed by atoms with Crippen LogP contribution in [0.3, 0.4) is 0 Å². The molecule has 0 bridgehead atoms. The first-order chi connectivity index (χ1) is 13.4. The van der Waals surface area contributed by atoms with Gasteiger partial charge in [-0.2, -0.15) is 0 Å². The molecule has 0 fully saturated rings. The summed E-state index contributed by atoms with van der Waals surface area (Å²) in [5.41, 5.74) is 6.15. The zero-order valence-electron chi connectivity index (χ0n) is 16.4. The van der Waals surface area contributed by atoms with Gasteiger partial charge in [-0.1, -0.05) is 79.2 Å². The molecule has 1 aromatic heterocycles. The van der Waals surface area contributed by atoms with E-state index in [9.17, 15) is 8.42 Å². The fourth-order valence-corrected chi connectivity index (χ4v) is 3.56. The Balaban J connectivity index is 0.000000162. The van der Waals surface area contributed by atoms with Crippen LogP contribution in [-0.2, 0) is 16.3 Å². The summed E-state index contributed by atoms with van der Waals surface area (Å²) >= 11 is 0. The van der Waals surface area contributed by atoms with Crippen LogP contribution in [0.15, 0.2) is 83.9 Å². The second-order valence-corrected chi connectivity index (χ2v) is 8.89. The summed E-state index contributed by atoms with van der Waals surface area (Å²) in [6.07, 6.45) is 2.30. The minimum absolute atomic E-state index is 0.272. The van der Waals surface area contributed by atoms with Gasteiger partial charge in [0.1, 0.15) is 5.03 Å². The molecule has 4 aromatic rings. The SMILES string of the molecule is CCc1ccc(-c2ccc(C)cc2)cc1.CS(=O)(=O)c1cc2ccccc2[nH]1. The van der Waals surface area contributed by atoms with E-state index in [1.807, 2.05) is 24.3 Å². The minimum Gasteiger partial charge on any atom is -0.346 e. The highest BCUT2D eigenvalue weighted by Gasteiger charge is 2.09. The molecule has 0 unspecified atom stereocenters. The highest BCUT2D eigenvalue weighted by atomic mass is 32.2. The Morgan fingerprint density at radius 3 is 1.93 bits per heavy atom. The Hall–Kier alpha value is -2.85. The second-order valence-electron chi connectivity index (χ2n) is 6.91. The molecule has 0 amide bonds. The molecule has 4 heteroatoms. The van der Waals surface area contributed by atoms with E-state index in [4.69, 9.17) is 0 Å². The van der Waals surface area contributed by atoms with Crippen molar-refractivity contribution in [1.29, 1.82) is 0 Å². The number of aromatic nitrogens is 1. The van der Waals surface area contributed by atoms with Crippen molar-refractivity contribution in [1.82, 2.24) is 4.98 Å². The molecule has 0 spiro atoms. The zero-order valence-corrected chi connectivity index (χ0v) is 17.3. The number of rotatable bonds is 3.